The van der Waals surface area contributed by atoms with Gasteiger partial charge in [-0.2, -0.15) is 0 Å². The van der Waals surface area contributed by atoms with E-state index in [0.717, 1.165) is 103 Å². The van der Waals surface area contributed by atoms with Gasteiger partial charge in [0.05, 0.1) is 19.8 Å². The number of carbonyl (C=O) groups is 2. The lowest BCUT2D eigenvalue weighted by Gasteiger charge is -2.20. The van der Waals surface area contributed by atoms with Gasteiger partial charge in [0, 0.05) is 13.0 Å². The van der Waals surface area contributed by atoms with Crippen molar-refractivity contribution in [2.75, 3.05) is 26.4 Å². The fraction of sp³-hybridized carbons (Fsp3) is 0.689. The Hall–Kier alpha value is -2.59. The molecule has 0 aliphatic carbocycles. The van der Waals surface area contributed by atoms with Gasteiger partial charge in [0.2, 0.25) is 0 Å². The van der Waals surface area contributed by atoms with Crippen molar-refractivity contribution in [2.45, 2.75) is 174 Å². The zero-order valence-corrected chi connectivity index (χ0v) is 35.8. The molecule has 0 fully saturated rings. The number of hydrogen-bond acceptors (Lipinski definition) is 8. The summed E-state index contributed by atoms with van der Waals surface area (Å²) >= 11 is 0. The van der Waals surface area contributed by atoms with Crippen LogP contribution in [0, 0.1) is 0 Å². The second kappa shape index (κ2) is 40.6. The van der Waals surface area contributed by atoms with Gasteiger partial charge in [0.1, 0.15) is 12.1 Å². The van der Waals surface area contributed by atoms with Crippen molar-refractivity contribution in [2.24, 2.45) is 5.73 Å². The Morgan fingerprint density at radius 2 is 1.04 bits per heavy atom. The molecule has 11 heteroatoms. The first kappa shape index (κ1) is 53.4. The molecule has 4 N–H and O–H groups in total. The predicted molar refractivity (Wildman–Crippen MR) is 230 cm³/mol. The molecule has 3 unspecified atom stereocenters. The maximum absolute atomic E-state index is 12.6. The fourth-order valence-electron chi connectivity index (χ4n) is 5.39. The van der Waals surface area contributed by atoms with Crippen LogP contribution in [0.15, 0.2) is 72.9 Å². The monoisotopic (exact) mass is 808 g/mol. The van der Waals surface area contributed by atoms with E-state index in [1.807, 2.05) is 0 Å². The van der Waals surface area contributed by atoms with E-state index in [0.29, 0.717) is 13.0 Å². The summed E-state index contributed by atoms with van der Waals surface area (Å²) in [6.07, 6.45) is 49.5. The minimum absolute atomic E-state index is 0.00727. The number of rotatable bonds is 40. The van der Waals surface area contributed by atoms with Crippen LogP contribution in [0.5, 0.6) is 0 Å². The van der Waals surface area contributed by atoms with E-state index in [4.69, 9.17) is 29.4 Å². The van der Waals surface area contributed by atoms with Gasteiger partial charge in [-0.1, -0.05) is 145 Å². The van der Waals surface area contributed by atoms with E-state index >= 15 is 0 Å². The van der Waals surface area contributed by atoms with Crippen LogP contribution >= 0.6 is 7.82 Å². The third kappa shape index (κ3) is 39.6. The fourth-order valence-corrected chi connectivity index (χ4v) is 6.17. The van der Waals surface area contributed by atoms with Crippen LogP contribution in [0.25, 0.3) is 0 Å². The standard InChI is InChI=1S/C45H78NO9P/c1-3-5-7-9-11-13-15-17-19-20-21-22-23-24-26-28-30-32-34-36-38-52-39-42(40-53-56(50,51)54-41-43(46)45(48)49)55-44(47)37-35-33-31-29-27-25-18-16-14-12-10-8-6-4-2/h5,7,11,13,16-19,21-22,24,26,42-43H,3-4,6,8-10,12,14-15,20,23,25,27-41,46H2,1-2H3,(H,48,49)(H,50,51)/b7-5-,13-11-,18-16-,19-17-,22-21-,26-24-. The summed E-state index contributed by atoms with van der Waals surface area (Å²) in [5.74, 6) is -1.81. The molecule has 0 amide bonds. The van der Waals surface area contributed by atoms with Gasteiger partial charge in [-0.15, -0.1) is 0 Å². The van der Waals surface area contributed by atoms with E-state index < -0.39 is 45.1 Å². The van der Waals surface area contributed by atoms with E-state index in [1.54, 1.807) is 0 Å². The Labute approximate surface area is 340 Å². The summed E-state index contributed by atoms with van der Waals surface area (Å²) in [6, 6.07) is -1.48. The van der Waals surface area contributed by atoms with Crippen molar-refractivity contribution in [3.63, 3.8) is 0 Å². The van der Waals surface area contributed by atoms with Crippen molar-refractivity contribution in [1.82, 2.24) is 0 Å². The topological polar surface area (TPSA) is 155 Å². The van der Waals surface area contributed by atoms with Crippen molar-refractivity contribution in [3.05, 3.63) is 72.9 Å². The number of allylic oxidation sites excluding steroid dienone is 12. The number of carboxylic acids is 1. The largest absolute Gasteiger partial charge is 0.480 e. The Kier molecular flexibility index (Phi) is 38.7. The van der Waals surface area contributed by atoms with Crippen LogP contribution in [0.3, 0.4) is 0 Å². The van der Waals surface area contributed by atoms with Gasteiger partial charge in [-0.3, -0.25) is 18.6 Å². The third-order valence-corrected chi connectivity index (χ3v) is 9.67. The first-order valence-corrected chi connectivity index (χ1v) is 23.0. The number of ether oxygens (including phenoxy) is 2. The van der Waals surface area contributed by atoms with Crippen LogP contribution in [0.4, 0.5) is 0 Å². The van der Waals surface area contributed by atoms with Crippen LogP contribution < -0.4 is 5.73 Å². The van der Waals surface area contributed by atoms with Crippen LogP contribution in [-0.2, 0) is 32.7 Å². The van der Waals surface area contributed by atoms with Crippen LogP contribution in [-0.4, -0.2) is 60.5 Å². The Morgan fingerprint density at radius 1 is 0.589 bits per heavy atom. The van der Waals surface area contributed by atoms with E-state index in [9.17, 15) is 19.0 Å². The number of nitrogens with two attached hydrogens (primary N) is 1. The van der Waals surface area contributed by atoms with Gasteiger partial charge in [-0.25, -0.2) is 4.57 Å². The van der Waals surface area contributed by atoms with Gasteiger partial charge < -0.3 is 25.2 Å². The molecule has 0 aliphatic rings. The highest BCUT2D eigenvalue weighted by Gasteiger charge is 2.27. The summed E-state index contributed by atoms with van der Waals surface area (Å²) < 4.78 is 33.3. The molecule has 0 saturated carbocycles. The molecule has 0 rings (SSSR count). The number of carboxylic acid groups (broad SMARTS) is 1. The molecular formula is C45H78NO9P. The van der Waals surface area contributed by atoms with Crippen molar-refractivity contribution in [1.29, 1.82) is 0 Å². The zero-order valence-electron chi connectivity index (χ0n) is 35.0. The molecule has 0 saturated heterocycles. The van der Waals surface area contributed by atoms with E-state index in [2.05, 4.69) is 86.8 Å². The first-order chi connectivity index (χ1) is 27.2. The summed E-state index contributed by atoms with van der Waals surface area (Å²) in [5, 5.41) is 8.89. The maximum Gasteiger partial charge on any atom is 0.472 e. The highest BCUT2D eigenvalue weighted by molar-refractivity contribution is 7.47. The summed E-state index contributed by atoms with van der Waals surface area (Å²) in [7, 11) is -4.63. The number of phosphoric acid groups is 1. The molecule has 0 bridgehead atoms. The van der Waals surface area contributed by atoms with Crippen molar-refractivity contribution >= 4 is 19.8 Å². The number of hydrogen-bond donors (Lipinski definition) is 3. The summed E-state index contributed by atoms with van der Waals surface area (Å²) in [6.45, 7) is 3.67. The van der Waals surface area contributed by atoms with Crippen LogP contribution in [0.1, 0.15) is 162 Å². The number of aliphatic carboxylic acids is 1. The molecule has 0 aliphatic heterocycles. The number of unbranched alkanes of at least 4 members (excludes halogenated alkanes) is 14. The molecular weight excluding hydrogens is 729 g/mol. The second-order valence-corrected chi connectivity index (χ2v) is 15.5. The highest BCUT2D eigenvalue weighted by atomic mass is 31.2. The number of phosphoric ester groups is 1. The molecule has 0 radical (unpaired) electrons. The molecule has 0 spiro atoms. The van der Waals surface area contributed by atoms with E-state index in [-0.39, 0.29) is 13.0 Å². The molecule has 0 heterocycles. The lowest BCUT2D eigenvalue weighted by atomic mass is 10.1. The molecule has 0 aromatic heterocycles. The molecule has 322 valence electrons. The van der Waals surface area contributed by atoms with Gasteiger partial charge in [0.25, 0.3) is 0 Å². The average molecular weight is 808 g/mol. The second-order valence-electron chi connectivity index (χ2n) is 14.1. The average Bonchev–Trinajstić information content (AvgIpc) is 3.18. The van der Waals surface area contributed by atoms with E-state index in [1.165, 1.54) is 32.1 Å². The molecule has 10 nitrogen and oxygen atoms in total. The normalized spacial score (nSPS) is 14.6. The minimum atomic E-state index is -4.63. The Bertz CT molecular complexity index is 1160. The molecule has 3 atom stereocenters. The van der Waals surface area contributed by atoms with Crippen LogP contribution in [0.2, 0.25) is 0 Å². The quantitative estimate of drug-likeness (QED) is 0.0236. The lowest BCUT2D eigenvalue weighted by Crippen LogP contribution is -2.34. The summed E-state index contributed by atoms with van der Waals surface area (Å²) in [4.78, 5) is 33.5. The highest BCUT2D eigenvalue weighted by Crippen LogP contribution is 2.43. The van der Waals surface area contributed by atoms with Gasteiger partial charge in [-0.05, 0) is 83.5 Å². The summed E-state index contributed by atoms with van der Waals surface area (Å²) in [5.41, 5.74) is 5.35. The third-order valence-electron chi connectivity index (χ3n) is 8.72. The number of carbonyl (C=O) groups excluding carboxylic acids is 1. The lowest BCUT2D eigenvalue weighted by molar-refractivity contribution is -0.154. The Morgan fingerprint density at radius 3 is 1.57 bits per heavy atom. The smallest absolute Gasteiger partial charge is 0.472 e. The van der Waals surface area contributed by atoms with Crippen molar-refractivity contribution < 1.29 is 42.7 Å². The molecule has 0 aromatic rings. The Balaban J connectivity index is 4.32. The van der Waals surface area contributed by atoms with Gasteiger partial charge >= 0.3 is 19.8 Å². The number of esters is 1. The molecule has 0 aromatic carbocycles. The van der Waals surface area contributed by atoms with Gasteiger partial charge in [0.15, 0.2) is 0 Å². The first-order valence-electron chi connectivity index (χ1n) is 21.5. The minimum Gasteiger partial charge on any atom is -0.480 e. The molecule has 56 heavy (non-hydrogen) atoms. The zero-order chi connectivity index (χ0) is 41.2. The maximum atomic E-state index is 12.6. The SMILES string of the molecule is CC/C=C\C/C=C\C/C=C\C/C=C\C/C=C\CCCCCCOCC(COP(=O)(O)OCC(N)C(=O)O)OC(=O)CCCCCCC/C=C\CCCCCCC. The predicted octanol–water partition coefficient (Wildman–Crippen LogP) is 11.8. The van der Waals surface area contributed by atoms with Crippen molar-refractivity contribution in [3.8, 4) is 0 Å².